The van der Waals surface area contributed by atoms with Gasteiger partial charge in [0.15, 0.2) is 0 Å². The summed E-state index contributed by atoms with van der Waals surface area (Å²) in [5, 5.41) is 4.71. The van der Waals surface area contributed by atoms with Crippen molar-refractivity contribution in [2.45, 2.75) is 25.1 Å². The minimum atomic E-state index is -4.60. The summed E-state index contributed by atoms with van der Waals surface area (Å²) < 4.78 is 38.9. The summed E-state index contributed by atoms with van der Waals surface area (Å²) in [6.07, 6.45) is -4.42. The van der Waals surface area contributed by atoms with Crippen molar-refractivity contribution in [2.75, 3.05) is 5.32 Å². The number of anilines is 1. The molecule has 2 aromatic carbocycles. The van der Waals surface area contributed by atoms with Crippen LogP contribution in [0.4, 0.5) is 18.9 Å². The highest BCUT2D eigenvalue weighted by molar-refractivity contribution is 6.16. The fraction of sp³-hybridized carbons (Fsp3) is 0.182. The molecule has 1 atom stereocenters. The third-order valence-electron chi connectivity index (χ3n) is 5.32. The van der Waals surface area contributed by atoms with Gasteiger partial charge < -0.3 is 5.32 Å². The number of piperidine rings is 1. The highest BCUT2D eigenvalue weighted by Gasteiger charge is 2.42. The number of alkyl halides is 3. The first-order chi connectivity index (χ1) is 15.1. The van der Waals surface area contributed by atoms with Gasteiger partial charge in [-0.3, -0.25) is 29.4 Å². The number of imide groups is 1. The van der Waals surface area contributed by atoms with Gasteiger partial charge in [-0.05, 0) is 36.8 Å². The minimum Gasteiger partial charge on any atom is -0.321 e. The summed E-state index contributed by atoms with van der Waals surface area (Å²) in [5.74, 6) is -2.38. The Labute approximate surface area is 179 Å². The van der Waals surface area contributed by atoms with E-state index in [0.717, 1.165) is 18.2 Å². The van der Waals surface area contributed by atoms with Crippen LogP contribution in [-0.2, 0) is 15.8 Å². The summed E-state index contributed by atoms with van der Waals surface area (Å²) in [5.41, 5.74) is -0.414. The first-order valence-corrected chi connectivity index (χ1v) is 9.56. The second kappa shape index (κ2) is 7.63. The predicted molar refractivity (Wildman–Crippen MR) is 107 cm³/mol. The smallest absolute Gasteiger partial charge is 0.321 e. The molecule has 2 aliphatic rings. The lowest BCUT2D eigenvalue weighted by molar-refractivity contribution is -0.138. The second-order valence-electron chi connectivity index (χ2n) is 7.35. The maximum Gasteiger partial charge on any atom is 0.416 e. The van der Waals surface area contributed by atoms with Crippen molar-refractivity contribution >= 4 is 35.0 Å². The van der Waals surface area contributed by atoms with Crippen LogP contribution < -0.4 is 10.6 Å². The molecule has 164 valence electrons. The van der Waals surface area contributed by atoms with Crippen molar-refractivity contribution in [3.63, 3.8) is 0 Å². The average Bonchev–Trinajstić information content (AvgIpc) is 2.99. The number of halogens is 3. The van der Waals surface area contributed by atoms with Crippen molar-refractivity contribution in [1.29, 1.82) is 0 Å². The monoisotopic (exact) mass is 443 g/mol. The van der Waals surface area contributed by atoms with Gasteiger partial charge in [-0.1, -0.05) is 18.7 Å². The second-order valence-corrected chi connectivity index (χ2v) is 7.35. The number of rotatable bonds is 3. The van der Waals surface area contributed by atoms with Gasteiger partial charge in [0.25, 0.3) is 11.8 Å². The maximum atomic E-state index is 13.0. The first kappa shape index (κ1) is 21.3. The standard InChI is InChI=1S/C22H16F3N3O4/c1-11-18-14(21(32)28(11)16-8-9-17(29)27-20(16)31)6-3-7-15(18)26-19(30)12-4-2-5-13(10-12)22(23,24)25/h2-7,10,16H,1,8-9H2,(H,26,30)(H,27,29,31). The summed E-state index contributed by atoms with van der Waals surface area (Å²) in [6.45, 7) is 3.88. The van der Waals surface area contributed by atoms with Crippen molar-refractivity contribution in [1.82, 2.24) is 10.2 Å². The van der Waals surface area contributed by atoms with Crippen LogP contribution in [0.3, 0.4) is 0 Å². The Morgan fingerprint density at radius 3 is 2.53 bits per heavy atom. The van der Waals surface area contributed by atoms with Gasteiger partial charge in [-0.2, -0.15) is 13.2 Å². The number of benzene rings is 2. The molecular formula is C22H16F3N3O4. The van der Waals surface area contributed by atoms with Crippen LogP contribution in [0.15, 0.2) is 49.0 Å². The molecule has 1 unspecified atom stereocenters. The molecule has 10 heteroatoms. The molecule has 1 saturated heterocycles. The highest BCUT2D eigenvalue weighted by atomic mass is 19.4. The first-order valence-electron chi connectivity index (χ1n) is 9.56. The van der Waals surface area contributed by atoms with Gasteiger partial charge in [0.2, 0.25) is 11.8 Å². The Morgan fingerprint density at radius 1 is 1.12 bits per heavy atom. The molecule has 0 spiro atoms. The maximum absolute atomic E-state index is 13.0. The quantitative estimate of drug-likeness (QED) is 0.713. The fourth-order valence-corrected chi connectivity index (χ4v) is 3.81. The number of nitrogens with one attached hydrogen (secondary N) is 2. The summed E-state index contributed by atoms with van der Waals surface area (Å²) in [7, 11) is 0. The molecule has 2 heterocycles. The number of amides is 4. The number of carbonyl (C=O) groups is 4. The number of carbonyl (C=O) groups excluding carboxylic acids is 4. The number of fused-ring (bicyclic) bond motifs is 1. The van der Waals surface area contributed by atoms with Crippen LogP contribution in [0.2, 0.25) is 0 Å². The molecule has 0 aromatic heterocycles. The van der Waals surface area contributed by atoms with Crippen LogP contribution in [-0.4, -0.2) is 34.6 Å². The molecule has 0 bridgehead atoms. The lowest BCUT2D eigenvalue weighted by atomic mass is 10.0. The van der Waals surface area contributed by atoms with E-state index in [2.05, 4.69) is 17.2 Å². The van der Waals surface area contributed by atoms with E-state index in [1.54, 1.807) is 0 Å². The van der Waals surface area contributed by atoms with Gasteiger partial charge in [0, 0.05) is 23.2 Å². The molecular weight excluding hydrogens is 427 g/mol. The van der Waals surface area contributed by atoms with Crippen molar-refractivity contribution in [3.8, 4) is 0 Å². The van der Waals surface area contributed by atoms with E-state index >= 15 is 0 Å². The van der Waals surface area contributed by atoms with E-state index in [0.29, 0.717) is 0 Å². The van der Waals surface area contributed by atoms with Gasteiger partial charge in [0.1, 0.15) is 6.04 Å². The van der Waals surface area contributed by atoms with E-state index < -0.39 is 41.4 Å². The minimum absolute atomic E-state index is 0.0585. The van der Waals surface area contributed by atoms with E-state index in [4.69, 9.17) is 0 Å². The fourth-order valence-electron chi connectivity index (χ4n) is 3.81. The van der Waals surface area contributed by atoms with Gasteiger partial charge in [0.05, 0.1) is 16.8 Å². The van der Waals surface area contributed by atoms with E-state index in [1.165, 1.54) is 29.2 Å². The number of nitrogens with zero attached hydrogens (tertiary/aromatic N) is 1. The van der Waals surface area contributed by atoms with Crippen LogP contribution in [0.25, 0.3) is 5.70 Å². The van der Waals surface area contributed by atoms with Crippen LogP contribution in [0, 0.1) is 0 Å². The Bertz CT molecular complexity index is 1190. The summed E-state index contributed by atoms with van der Waals surface area (Å²) in [4.78, 5) is 50.5. The molecule has 2 N–H and O–H groups in total. The predicted octanol–water partition coefficient (Wildman–Crippen LogP) is 3.19. The Balaban J connectivity index is 1.63. The molecule has 4 rings (SSSR count). The molecule has 0 radical (unpaired) electrons. The van der Waals surface area contributed by atoms with Crippen LogP contribution in [0.5, 0.6) is 0 Å². The van der Waals surface area contributed by atoms with Gasteiger partial charge in [-0.25, -0.2) is 0 Å². The Morgan fingerprint density at radius 2 is 1.84 bits per heavy atom. The average molecular weight is 443 g/mol. The molecule has 2 aliphatic heterocycles. The molecule has 1 fully saturated rings. The normalized spacial score (nSPS) is 18.5. The van der Waals surface area contributed by atoms with Crippen molar-refractivity contribution in [3.05, 3.63) is 71.3 Å². The van der Waals surface area contributed by atoms with Crippen molar-refractivity contribution < 1.29 is 32.3 Å². The lowest BCUT2D eigenvalue weighted by Gasteiger charge is -2.30. The third-order valence-corrected chi connectivity index (χ3v) is 5.32. The molecule has 2 aromatic rings. The van der Waals surface area contributed by atoms with E-state index in [-0.39, 0.29) is 40.9 Å². The van der Waals surface area contributed by atoms with Crippen LogP contribution in [0.1, 0.15) is 44.7 Å². The largest absolute Gasteiger partial charge is 0.416 e. The zero-order valence-electron chi connectivity index (χ0n) is 16.5. The molecule has 0 saturated carbocycles. The molecule has 7 nitrogen and oxygen atoms in total. The Hall–Kier alpha value is -3.95. The number of hydrogen-bond acceptors (Lipinski definition) is 4. The van der Waals surface area contributed by atoms with Crippen LogP contribution >= 0.6 is 0 Å². The topological polar surface area (TPSA) is 95.6 Å². The summed E-state index contributed by atoms with van der Waals surface area (Å²) in [6, 6.07) is 7.49. The SMILES string of the molecule is C=C1c2c(NC(=O)c3cccc(C(F)(F)F)c3)cccc2C(=O)N1C1CCC(=O)NC1=O. The Kier molecular flexibility index (Phi) is 5.08. The highest BCUT2D eigenvalue weighted by Crippen LogP contribution is 2.39. The van der Waals surface area contributed by atoms with Gasteiger partial charge in [-0.15, -0.1) is 0 Å². The summed E-state index contributed by atoms with van der Waals surface area (Å²) >= 11 is 0. The zero-order chi connectivity index (χ0) is 23.2. The lowest BCUT2D eigenvalue weighted by Crippen LogP contribution is -2.52. The third kappa shape index (κ3) is 3.64. The van der Waals surface area contributed by atoms with Crippen molar-refractivity contribution in [2.24, 2.45) is 0 Å². The molecule has 0 aliphatic carbocycles. The number of hydrogen-bond donors (Lipinski definition) is 2. The zero-order valence-corrected chi connectivity index (χ0v) is 16.5. The molecule has 32 heavy (non-hydrogen) atoms. The van der Waals surface area contributed by atoms with E-state index in [1.807, 2.05) is 0 Å². The van der Waals surface area contributed by atoms with E-state index in [9.17, 15) is 32.3 Å². The van der Waals surface area contributed by atoms with Gasteiger partial charge >= 0.3 is 6.18 Å². The molecule has 4 amide bonds.